The van der Waals surface area contributed by atoms with E-state index in [4.69, 9.17) is 11.5 Å². The number of carbonyl (C=O) groups is 1. The summed E-state index contributed by atoms with van der Waals surface area (Å²) in [6, 6.07) is 5.16. The summed E-state index contributed by atoms with van der Waals surface area (Å²) in [7, 11) is 0. The molecule has 0 unspecified atom stereocenters. The number of urea groups is 1. The van der Waals surface area contributed by atoms with Crippen molar-refractivity contribution >= 4 is 22.8 Å². The lowest BCUT2D eigenvalue weighted by atomic mass is 9.95. The molecular weight excluding hydrogens is 254 g/mol. The Morgan fingerprint density at radius 1 is 1.40 bits per heavy atom. The molecule has 0 fully saturated rings. The van der Waals surface area contributed by atoms with Gasteiger partial charge in [0.2, 0.25) is 0 Å². The molecule has 5 N–H and O–H groups in total. The summed E-state index contributed by atoms with van der Waals surface area (Å²) < 4.78 is 2.10. The molecule has 0 saturated carbocycles. The topological polar surface area (TPSA) is 99.0 Å². The zero-order valence-electron chi connectivity index (χ0n) is 12.1. The smallest absolute Gasteiger partial charge is 0.312 e. The number of nitrogens with two attached hydrogens (primary N) is 2. The normalized spacial score (nSPS) is 11.8. The second kappa shape index (κ2) is 5.03. The molecule has 1 aromatic heterocycles. The van der Waals surface area contributed by atoms with Crippen LogP contribution in [0, 0.1) is 0 Å². The van der Waals surface area contributed by atoms with Gasteiger partial charge in [-0.2, -0.15) is 0 Å². The summed E-state index contributed by atoms with van der Waals surface area (Å²) in [5, 5.41) is 2.60. The fraction of sp³-hybridized carbons (Fsp3) is 0.429. The van der Waals surface area contributed by atoms with E-state index in [9.17, 15) is 4.79 Å². The largest absolute Gasteiger partial charge is 0.399 e. The number of anilines is 1. The van der Waals surface area contributed by atoms with Crippen molar-refractivity contribution in [1.82, 2.24) is 14.9 Å². The molecule has 108 valence electrons. The minimum atomic E-state index is -0.518. The maximum Gasteiger partial charge on any atom is 0.312 e. The Morgan fingerprint density at radius 2 is 2.10 bits per heavy atom. The lowest BCUT2D eigenvalue weighted by Gasteiger charge is -2.20. The third kappa shape index (κ3) is 2.84. The van der Waals surface area contributed by atoms with Gasteiger partial charge in [-0.1, -0.05) is 20.8 Å². The van der Waals surface area contributed by atoms with Crippen LogP contribution in [0.2, 0.25) is 0 Å². The van der Waals surface area contributed by atoms with Crippen molar-refractivity contribution in [3.05, 3.63) is 24.0 Å². The predicted molar refractivity (Wildman–Crippen MR) is 80.4 cm³/mol. The van der Waals surface area contributed by atoms with Gasteiger partial charge in [-0.05, 0) is 18.2 Å². The summed E-state index contributed by atoms with van der Waals surface area (Å²) in [6.45, 7) is 7.41. The molecule has 0 aliphatic rings. The minimum absolute atomic E-state index is 0.0967. The SMILES string of the molecule is CC(C)(C)c1nc2cc(N)ccc2n1CCNC(N)=O. The molecule has 1 heterocycles. The van der Waals surface area contributed by atoms with Crippen LogP contribution < -0.4 is 16.8 Å². The zero-order valence-corrected chi connectivity index (χ0v) is 12.1. The molecule has 0 radical (unpaired) electrons. The number of nitrogen functional groups attached to an aromatic ring is 1. The van der Waals surface area contributed by atoms with Crippen LogP contribution in [-0.4, -0.2) is 22.1 Å². The van der Waals surface area contributed by atoms with Crippen LogP contribution in [0.1, 0.15) is 26.6 Å². The number of hydrogen-bond donors (Lipinski definition) is 3. The molecule has 0 bridgehead atoms. The molecule has 2 rings (SSSR count). The molecule has 20 heavy (non-hydrogen) atoms. The van der Waals surface area contributed by atoms with E-state index in [2.05, 4.69) is 35.6 Å². The van der Waals surface area contributed by atoms with Crippen LogP contribution >= 0.6 is 0 Å². The molecule has 0 aliphatic heterocycles. The molecule has 0 spiro atoms. The van der Waals surface area contributed by atoms with Gasteiger partial charge < -0.3 is 21.4 Å². The first kappa shape index (κ1) is 14.2. The lowest BCUT2D eigenvalue weighted by Crippen LogP contribution is -2.33. The van der Waals surface area contributed by atoms with E-state index in [-0.39, 0.29) is 5.41 Å². The third-order valence-corrected chi connectivity index (χ3v) is 3.08. The van der Waals surface area contributed by atoms with Gasteiger partial charge in [-0.15, -0.1) is 0 Å². The van der Waals surface area contributed by atoms with Crippen molar-refractivity contribution in [3.63, 3.8) is 0 Å². The first-order valence-electron chi connectivity index (χ1n) is 6.58. The van der Waals surface area contributed by atoms with Crippen molar-refractivity contribution in [2.45, 2.75) is 32.7 Å². The fourth-order valence-electron chi connectivity index (χ4n) is 2.24. The fourth-order valence-corrected chi connectivity index (χ4v) is 2.24. The van der Waals surface area contributed by atoms with E-state index < -0.39 is 6.03 Å². The van der Waals surface area contributed by atoms with Crippen molar-refractivity contribution < 1.29 is 4.79 Å². The van der Waals surface area contributed by atoms with E-state index in [0.717, 1.165) is 16.9 Å². The Labute approximate surface area is 118 Å². The summed E-state index contributed by atoms with van der Waals surface area (Å²) >= 11 is 0. The number of nitrogens with one attached hydrogen (secondary N) is 1. The summed E-state index contributed by atoms with van der Waals surface area (Å²) in [4.78, 5) is 15.5. The molecule has 2 amide bonds. The highest BCUT2D eigenvalue weighted by Gasteiger charge is 2.22. The average molecular weight is 275 g/mol. The van der Waals surface area contributed by atoms with Crippen LogP contribution in [-0.2, 0) is 12.0 Å². The van der Waals surface area contributed by atoms with Crippen LogP contribution in [0.25, 0.3) is 11.0 Å². The first-order chi connectivity index (χ1) is 9.29. The quantitative estimate of drug-likeness (QED) is 0.742. The van der Waals surface area contributed by atoms with Crippen molar-refractivity contribution in [2.75, 3.05) is 12.3 Å². The standard InChI is InChI=1S/C14H21N5O/c1-14(2,3)12-18-10-8-9(15)4-5-11(10)19(12)7-6-17-13(16)20/h4-5,8H,6-7,15H2,1-3H3,(H3,16,17,20). The van der Waals surface area contributed by atoms with Crippen LogP contribution in [0.15, 0.2) is 18.2 Å². The lowest BCUT2D eigenvalue weighted by molar-refractivity contribution is 0.248. The van der Waals surface area contributed by atoms with Gasteiger partial charge in [0.25, 0.3) is 0 Å². The molecular formula is C14H21N5O. The monoisotopic (exact) mass is 275 g/mol. The Bertz CT molecular complexity index is 639. The highest BCUT2D eigenvalue weighted by atomic mass is 16.2. The molecule has 6 heteroatoms. The van der Waals surface area contributed by atoms with Crippen LogP contribution in [0.5, 0.6) is 0 Å². The van der Waals surface area contributed by atoms with Gasteiger partial charge >= 0.3 is 6.03 Å². The highest BCUT2D eigenvalue weighted by molar-refractivity contribution is 5.80. The molecule has 6 nitrogen and oxygen atoms in total. The Kier molecular flexibility index (Phi) is 3.57. The van der Waals surface area contributed by atoms with Crippen molar-refractivity contribution in [3.8, 4) is 0 Å². The number of fused-ring (bicyclic) bond motifs is 1. The van der Waals surface area contributed by atoms with Gasteiger partial charge in [0.05, 0.1) is 11.0 Å². The summed E-state index contributed by atoms with van der Waals surface area (Å²) in [5.74, 6) is 0.962. The molecule has 0 saturated heterocycles. The second-order valence-corrected chi connectivity index (χ2v) is 5.88. The average Bonchev–Trinajstić information content (AvgIpc) is 2.66. The van der Waals surface area contributed by atoms with Gasteiger partial charge in [0, 0.05) is 24.2 Å². The number of carbonyl (C=O) groups excluding carboxylic acids is 1. The number of imidazole rings is 1. The van der Waals surface area contributed by atoms with Crippen LogP contribution in [0.4, 0.5) is 10.5 Å². The molecule has 0 atom stereocenters. The zero-order chi connectivity index (χ0) is 14.9. The van der Waals surface area contributed by atoms with Gasteiger partial charge in [0.1, 0.15) is 5.82 Å². The Hall–Kier alpha value is -2.24. The first-order valence-corrected chi connectivity index (χ1v) is 6.58. The third-order valence-electron chi connectivity index (χ3n) is 3.08. The van der Waals surface area contributed by atoms with E-state index in [1.54, 1.807) is 0 Å². The predicted octanol–water partition coefficient (Wildman–Crippen LogP) is 1.58. The van der Waals surface area contributed by atoms with Crippen molar-refractivity contribution in [2.24, 2.45) is 5.73 Å². The molecule has 2 aromatic rings. The Morgan fingerprint density at radius 3 is 2.70 bits per heavy atom. The number of hydrogen-bond acceptors (Lipinski definition) is 3. The Balaban J connectivity index is 2.45. The number of aromatic nitrogens is 2. The van der Waals surface area contributed by atoms with E-state index >= 15 is 0 Å². The van der Waals surface area contributed by atoms with Crippen LogP contribution in [0.3, 0.4) is 0 Å². The summed E-state index contributed by atoms with van der Waals surface area (Å²) in [6.07, 6.45) is 0. The van der Waals surface area contributed by atoms with Gasteiger partial charge in [0.15, 0.2) is 0 Å². The summed E-state index contributed by atoms with van der Waals surface area (Å²) in [5.41, 5.74) is 13.4. The number of primary amides is 1. The maximum atomic E-state index is 10.8. The van der Waals surface area contributed by atoms with Crippen molar-refractivity contribution in [1.29, 1.82) is 0 Å². The minimum Gasteiger partial charge on any atom is -0.399 e. The number of rotatable bonds is 3. The number of nitrogens with zero attached hydrogens (tertiary/aromatic N) is 2. The van der Waals surface area contributed by atoms with E-state index in [1.807, 2.05) is 18.2 Å². The van der Waals surface area contributed by atoms with E-state index in [0.29, 0.717) is 18.8 Å². The highest BCUT2D eigenvalue weighted by Crippen LogP contribution is 2.27. The molecule has 1 aromatic carbocycles. The van der Waals surface area contributed by atoms with E-state index in [1.165, 1.54) is 0 Å². The molecule has 0 aliphatic carbocycles. The van der Waals surface area contributed by atoms with Gasteiger partial charge in [-0.25, -0.2) is 9.78 Å². The number of amides is 2. The maximum absolute atomic E-state index is 10.8. The number of benzene rings is 1. The second-order valence-electron chi connectivity index (χ2n) is 5.88. The van der Waals surface area contributed by atoms with Gasteiger partial charge in [-0.3, -0.25) is 0 Å².